The molecule has 3 heteroatoms. The summed E-state index contributed by atoms with van der Waals surface area (Å²) >= 11 is 3.38. The minimum atomic E-state index is -0.110. The van der Waals surface area contributed by atoms with Gasteiger partial charge in [-0.05, 0) is 41.1 Å². The second-order valence-electron chi connectivity index (χ2n) is 3.92. The molecule has 0 bridgehead atoms. The number of allylic oxidation sites excluding steroid dienone is 2. The molecule has 17 heavy (non-hydrogen) atoms. The molecular weight excluding hydrogens is 280 g/mol. The summed E-state index contributed by atoms with van der Waals surface area (Å²) in [5.74, 6) is -0.218. The van der Waals surface area contributed by atoms with Crippen molar-refractivity contribution >= 4 is 38.3 Å². The minimum absolute atomic E-state index is 0.108. The second-order valence-corrected chi connectivity index (χ2v) is 4.83. The van der Waals surface area contributed by atoms with Gasteiger partial charge < -0.3 is 0 Å². The third-order valence-corrected chi connectivity index (χ3v) is 3.37. The van der Waals surface area contributed by atoms with Crippen molar-refractivity contribution in [3.05, 3.63) is 58.1 Å². The van der Waals surface area contributed by atoms with E-state index in [0.29, 0.717) is 11.1 Å². The zero-order valence-corrected chi connectivity index (χ0v) is 10.3. The first-order valence-electron chi connectivity index (χ1n) is 5.16. The number of hydrogen-bond acceptors (Lipinski definition) is 2. The highest BCUT2D eigenvalue weighted by Crippen LogP contribution is 2.28. The van der Waals surface area contributed by atoms with Gasteiger partial charge in [0.2, 0.25) is 0 Å². The maximum absolute atomic E-state index is 11.9. The van der Waals surface area contributed by atoms with Crippen LogP contribution in [0, 0.1) is 0 Å². The van der Waals surface area contributed by atoms with Crippen LogP contribution in [0.3, 0.4) is 0 Å². The molecule has 0 heterocycles. The summed E-state index contributed by atoms with van der Waals surface area (Å²) in [6.07, 6.45) is 2.67. The fourth-order valence-electron chi connectivity index (χ4n) is 2.09. The molecule has 0 fully saturated rings. The predicted molar refractivity (Wildman–Crippen MR) is 69.4 cm³/mol. The van der Waals surface area contributed by atoms with E-state index in [1.54, 1.807) is 6.07 Å². The van der Waals surface area contributed by atoms with Crippen LogP contribution in [0.15, 0.2) is 47.0 Å². The molecule has 0 aromatic heterocycles. The summed E-state index contributed by atoms with van der Waals surface area (Å²) in [5, 5.41) is 1.78. The molecule has 1 aliphatic rings. The SMILES string of the molecule is O=C1C=CC(=O)c2c1ccc1ccc(Br)cc21. The van der Waals surface area contributed by atoms with Gasteiger partial charge in [-0.15, -0.1) is 0 Å². The van der Waals surface area contributed by atoms with E-state index in [-0.39, 0.29) is 11.6 Å². The average molecular weight is 287 g/mol. The predicted octanol–water partition coefficient (Wildman–Crippen LogP) is 3.54. The lowest BCUT2D eigenvalue weighted by atomic mass is 9.90. The highest BCUT2D eigenvalue weighted by atomic mass is 79.9. The van der Waals surface area contributed by atoms with Gasteiger partial charge in [0.1, 0.15) is 0 Å². The summed E-state index contributed by atoms with van der Waals surface area (Å²) in [6.45, 7) is 0. The van der Waals surface area contributed by atoms with E-state index in [2.05, 4.69) is 15.9 Å². The number of carbonyl (C=O) groups is 2. The van der Waals surface area contributed by atoms with Gasteiger partial charge in [-0.1, -0.05) is 28.1 Å². The lowest BCUT2D eigenvalue weighted by Gasteiger charge is -2.12. The van der Waals surface area contributed by atoms with Gasteiger partial charge >= 0.3 is 0 Å². The Balaban J connectivity index is 2.47. The maximum Gasteiger partial charge on any atom is 0.187 e. The number of ketones is 2. The molecule has 2 aromatic carbocycles. The molecule has 0 unspecified atom stereocenters. The van der Waals surface area contributed by atoms with Crippen LogP contribution in [0.4, 0.5) is 0 Å². The van der Waals surface area contributed by atoms with Gasteiger partial charge in [0.25, 0.3) is 0 Å². The number of carbonyl (C=O) groups excluding carboxylic acids is 2. The van der Waals surface area contributed by atoms with Crippen molar-refractivity contribution in [3.8, 4) is 0 Å². The molecule has 0 N–H and O–H groups in total. The molecule has 2 nitrogen and oxygen atoms in total. The van der Waals surface area contributed by atoms with Gasteiger partial charge in [0.05, 0.1) is 0 Å². The second kappa shape index (κ2) is 3.64. The van der Waals surface area contributed by atoms with Crippen LogP contribution in [0.1, 0.15) is 20.7 Å². The van der Waals surface area contributed by atoms with E-state index >= 15 is 0 Å². The third kappa shape index (κ3) is 1.54. The minimum Gasteiger partial charge on any atom is -0.289 e. The standard InChI is InChI=1S/C14H7BrO2/c15-9-3-1-8-2-4-10-12(16)5-6-13(17)14(10)11(8)7-9/h1-7H. The monoisotopic (exact) mass is 286 g/mol. The first-order valence-corrected chi connectivity index (χ1v) is 5.95. The van der Waals surface area contributed by atoms with Crippen LogP contribution < -0.4 is 0 Å². The molecule has 3 rings (SSSR count). The smallest absolute Gasteiger partial charge is 0.187 e. The molecule has 0 aliphatic heterocycles. The van der Waals surface area contributed by atoms with Crippen molar-refractivity contribution < 1.29 is 9.59 Å². The van der Waals surface area contributed by atoms with Crippen molar-refractivity contribution in [1.82, 2.24) is 0 Å². The largest absolute Gasteiger partial charge is 0.289 e. The zero-order chi connectivity index (χ0) is 12.0. The van der Waals surface area contributed by atoms with E-state index < -0.39 is 0 Å². The fourth-order valence-corrected chi connectivity index (χ4v) is 2.45. The normalized spacial score (nSPS) is 14.2. The molecule has 82 valence electrons. The Hall–Kier alpha value is -1.74. The van der Waals surface area contributed by atoms with E-state index in [1.807, 2.05) is 24.3 Å². The maximum atomic E-state index is 11.9. The third-order valence-electron chi connectivity index (χ3n) is 2.88. The molecule has 0 atom stereocenters. The van der Waals surface area contributed by atoms with Crippen LogP contribution >= 0.6 is 15.9 Å². The van der Waals surface area contributed by atoms with Gasteiger partial charge in [-0.2, -0.15) is 0 Å². The quantitative estimate of drug-likeness (QED) is 0.742. The van der Waals surface area contributed by atoms with Gasteiger partial charge in [-0.3, -0.25) is 9.59 Å². The summed E-state index contributed by atoms with van der Waals surface area (Å²) in [6, 6.07) is 9.30. The Kier molecular flexibility index (Phi) is 2.23. The van der Waals surface area contributed by atoms with Crippen molar-refractivity contribution in [3.63, 3.8) is 0 Å². The molecular formula is C14H7BrO2. The van der Waals surface area contributed by atoms with E-state index in [4.69, 9.17) is 0 Å². The summed E-state index contributed by atoms with van der Waals surface area (Å²) in [7, 11) is 0. The van der Waals surface area contributed by atoms with Crippen LogP contribution in [-0.2, 0) is 0 Å². The summed E-state index contributed by atoms with van der Waals surface area (Å²) < 4.78 is 0.896. The lowest BCUT2D eigenvalue weighted by Crippen LogP contribution is -2.11. The van der Waals surface area contributed by atoms with Crippen LogP contribution in [0.2, 0.25) is 0 Å². The van der Waals surface area contributed by atoms with E-state index in [9.17, 15) is 9.59 Å². The summed E-state index contributed by atoms with van der Waals surface area (Å²) in [5.41, 5.74) is 0.999. The van der Waals surface area contributed by atoms with Gasteiger partial charge in [0.15, 0.2) is 11.6 Å². The number of benzene rings is 2. The van der Waals surface area contributed by atoms with Crippen LogP contribution in [-0.4, -0.2) is 11.6 Å². The van der Waals surface area contributed by atoms with Crippen molar-refractivity contribution in [2.75, 3.05) is 0 Å². The molecule has 0 spiro atoms. The molecule has 0 amide bonds. The summed E-state index contributed by atoms with van der Waals surface area (Å²) in [4.78, 5) is 23.6. The Morgan fingerprint density at radius 3 is 2.41 bits per heavy atom. The van der Waals surface area contributed by atoms with Crippen LogP contribution in [0.5, 0.6) is 0 Å². The molecule has 0 saturated carbocycles. The van der Waals surface area contributed by atoms with Gasteiger partial charge in [0, 0.05) is 15.6 Å². The van der Waals surface area contributed by atoms with Crippen molar-refractivity contribution in [2.45, 2.75) is 0 Å². The highest BCUT2D eigenvalue weighted by molar-refractivity contribution is 9.10. The first kappa shape index (κ1) is 10.4. The van der Waals surface area contributed by atoms with Crippen LogP contribution in [0.25, 0.3) is 10.8 Å². The highest BCUT2D eigenvalue weighted by Gasteiger charge is 2.21. The Morgan fingerprint density at radius 1 is 0.882 bits per heavy atom. The fraction of sp³-hybridized carbons (Fsp3) is 0. The van der Waals surface area contributed by atoms with Gasteiger partial charge in [-0.25, -0.2) is 0 Å². The van der Waals surface area contributed by atoms with E-state index in [0.717, 1.165) is 15.2 Å². The zero-order valence-electron chi connectivity index (χ0n) is 8.74. The Morgan fingerprint density at radius 2 is 1.59 bits per heavy atom. The molecule has 2 aromatic rings. The van der Waals surface area contributed by atoms with E-state index in [1.165, 1.54) is 12.2 Å². The van der Waals surface area contributed by atoms with Crippen molar-refractivity contribution in [2.24, 2.45) is 0 Å². The molecule has 0 radical (unpaired) electrons. The first-order chi connectivity index (χ1) is 8.16. The molecule has 0 saturated heterocycles. The Bertz CT molecular complexity index is 699. The average Bonchev–Trinajstić information content (AvgIpc) is 2.33. The Labute approximate surface area is 106 Å². The number of fused-ring (bicyclic) bond motifs is 3. The number of halogens is 1. The number of rotatable bonds is 0. The molecule has 1 aliphatic carbocycles. The van der Waals surface area contributed by atoms with Crippen molar-refractivity contribution in [1.29, 1.82) is 0 Å². The number of hydrogen-bond donors (Lipinski definition) is 0. The topological polar surface area (TPSA) is 34.1 Å². The lowest BCUT2D eigenvalue weighted by molar-refractivity contribution is 0.0995.